The Morgan fingerprint density at radius 2 is 1.34 bits per heavy atom. The number of benzene rings is 2. The van der Waals surface area contributed by atoms with Crippen LogP contribution in [0.2, 0.25) is 0 Å². The normalized spacial score (nSPS) is 12.3. The number of phenols is 1. The van der Waals surface area contributed by atoms with Gasteiger partial charge in [0.2, 0.25) is 0 Å². The number of imide groups is 1. The standard InChI is InChI=1S/C31H46N2O5/c1-23(2)32(24(3)4)21-19-27(26-15-11-9-12-16-26)28-22-25(17-18-29(28)34)14-10-7-5-6-8-13-20-33(30(35)36)31(37)38/h9,11-12,15-18,22-24,27,34H,5-8,10,13-14,19-21H2,1-4H3,(H,35,36)(H,37,38)/t27-/m1/s1. The average molecular weight is 527 g/mol. The van der Waals surface area contributed by atoms with Gasteiger partial charge < -0.3 is 15.3 Å². The van der Waals surface area contributed by atoms with E-state index in [1.54, 1.807) is 0 Å². The minimum absolute atomic E-state index is 0.0234. The maximum atomic E-state index is 10.9. The van der Waals surface area contributed by atoms with Gasteiger partial charge in [0.1, 0.15) is 5.75 Å². The van der Waals surface area contributed by atoms with Gasteiger partial charge in [0.25, 0.3) is 0 Å². The number of hydrogen-bond donors (Lipinski definition) is 3. The second-order valence-electron chi connectivity index (χ2n) is 10.7. The molecule has 0 heterocycles. The van der Waals surface area contributed by atoms with Crippen LogP contribution < -0.4 is 0 Å². The predicted octanol–water partition coefficient (Wildman–Crippen LogP) is 7.57. The van der Waals surface area contributed by atoms with Gasteiger partial charge in [0, 0.05) is 30.1 Å². The maximum absolute atomic E-state index is 10.9. The van der Waals surface area contributed by atoms with Gasteiger partial charge in [-0.2, -0.15) is 0 Å². The number of nitrogens with zero attached hydrogens (tertiary/aromatic N) is 2. The Bertz CT molecular complexity index is 971. The zero-order valence-electron chi connectivity index (χ0n) is 23.5. The van der Waals surface area contributed by atoms with Gasteiger partial charge in [-0.3, -0.25) is 4.90 Å². The second-order valence-corrected chi connectivity index (χ2v) is 10.7. The van der Waals surface area contributed by atoms with E-state index in [1.807, 2.05) is 18.2 Å². The lowest BCUT2D eigenvalue weighted by molar-refractivity contribution is 0.122. The number of phenolic OH excluding ortho intramolecular Hbond substituents is 1. The summed E-state index contributed by atoms with van der Waals surface area (Å²) >= 11 is 0. The van der Waals surface area contributed by atoms with Crippen LogP contribution in [0.25, 0.3) is 0 Å². The van der Waals surface area contributed by atoms with Crippen LogP contribution in [0.1, 0.15) is 95.2 Å². The molecule has 38 heavy (non-hydrogen) atoms. The van der Waals surface area contributed by atoms with Crippen LogP contribution in [0.3, 0.4) is 0 Å². The third kappa shape index (κ3) is 10.0. The molecule has 210 valence electrons. The summed E-state index contributed by atoms with van der Waals surface area (Å²) in [6.45, 7) is 9.91. The average Bonchev–Trinajstić information content (AvgIpc) is 2.86. The first-order chi connectivity index (χ1) is 18.1. The fraction of sp³-hybridized carbons (Fsp3) is 0.548. The highest BCUT2D eigenvalue weighted by atomic mass is 16.4. The molecule has 0 aliphatic rings. The van der Waals surface area contributed by atoms with Gasteiger partial charge in [-0.1, -0.05) is 68.1 Å². The van der Waals surface area contributed by atoms with Crippen molar-refractivity contribution in [2.75, 3.05) is 13.1 Å². The molecule has 0 aromatic heterocycles. The zero-order chi connectivity index (χ0) is 28.1. The fourth-order valence-corrected chi connectivity index (χ4v) is 5.20. The summed E-state index contributed by atoms with van der Waals surface area (Å²) in [7, 11) is 0. The van der Waals surface area contributed by atoms with E-state index >= 15 is 0 Å². The van der Waals surface area contributed by atoms with Crippen molar-refractivity contribution in [3.05, 3.63) is 65.2 Å². The number of rotatable bonds is 16. The Hall–Kier alpha value is -3.06. The molecule has 0 fully saturated rings. The summed E-state index contributed by atoms with van der Waals surface area (Å²) in [6.07, 6.45) is 4.44. The smallest absolute Gasteiger partial charge is 0.416 e. The van der Waals surface area contributed by atoms with Crippen LogP contribution in [0.15, 0.2) is 48.5 Å². The minimum atomic E-state index is -1.42. The molecule has 2 aromatic carbocycles. The predicted molar refractivity (Wildman–Crippen MR) is 152 cm³/mol. The molecule has 1 atom stereocenters. The highest BCUT2D eigenvalue weighted by Gasteiger charge is 2.22. The van der Waals surface area contributed by atoms with Gasteiger partial charge in [-0.15, -0.1) is 0 Å². The molecule has 7 nitrogen and oxygen atoms in total. The summed E-state index contributed by atoms with van der Waals surface area (Å²) in [5.74, 6) is 0.465. The Kier molecular flexibility index (Phi) is 13.1. The van der Waals surface area contributed by atoms with Crippen molar-refractivity contribution in [3.63, 3.8) is 0 Å². The van der Waals surface area contributed by atoms with Crippen molar-refractivity contribution < 1.29 is 24.9 Å². The first-order valence-electron chi connectivity index (χ1n) is 14.0. The molecule has 2 rings (SSSR count). The van der Waals surface area contributed by atoms with E-state index in [-0.39, 0.29) is 12.5 Å². The molecule has 2 amide bonds. The van der Waals surface area contributed by atoms with Crippen LogP contribution in [-0.2, 0) is 6.42 Å². The first-order valence-corrected chi connectivity index (χ1v) is 14.0. The fourth-order valence-electron chi connectivity index (χ4n) is 5.20. The maximum Gasteiger partial charge on any atom is 0.416 e. The van der Waals surface area contributed by atoms with Crippen LogP contribution >= 0.6 is 0 Å². The summed E-state index contributed by atoms with van der Waals surface area (Å²) in [4.78, 5) is 24.7. The molecule has 0 saturated carbocycles. The molecular formula is C31H46N2O5. The van der Waals surface area contributed by atoms with Gasteiger partial charge in [0.05, 0.1) is 0 Å². The van der Waals surface area contributed by atoms with Crippen molar-refractivity contribution in [2.45, 2.75) is 97.1 Å². The molecule has 2 aromatic rings. The Labute approximate surface area is 228 Å². The number of unbranched alkanes of at least 4 members (excludes halogenated alkanes) is 5. The van der Waals surface area contributed by atoms with Crippen molar-refractivity contribution in [1.29, 1.82) is 0 Å². The number of carboxylic acid groups (broad SMARTS) is 2. The van der Waals surface area contributed by atoms with Crippen molar-refractivity contribution in [3.8, 4) is 5.75 Å². The molecule has 3 N–H and O–H groups in total. The van der Waals surface area contributed by atoms with E-state index in [1.165, 1.54) is 11.1 Å². The topological polar surface area (TPSA) is 101 Å². The largest absolute Gasteiger partial charge is 0.508 e. The second kappa shape index (κ2) is 16.0. The van der Waals surface area contributed by atoms with Crippen molar-refractivity contribution in [2.24, 2.45) is 0 Å². The third-order valence-electron chi connectivity index (χ3n) is 7.23. The quantitative estimate of drug-likeness (QED) is 0.195. The van der Waals surface area contributed by atoms with Crippen LogP contribution in [0, 0.1) is 0 Å². The lowest BCUT2D eigenvalue weighted by Crippen LogP contribution is -2.38. The molecule has 0 radical (unpaired) electrons. The molecule has 0 saturated heterocycles. The third-order valence-corrected chi connectivity index (χ3v) is 7.23. The summed E-state index contributed by atoms with van der Waals surface area (Å²) in [6, 6.07) is 17.4. The van der Waals surface area contributed by atoms with E-state index in [2.05, 4.69) is 62.9 Å². The lowest BCUT2D eigenvalue weighted by atomic mass is 9.86. The van der Waals surface area contributed by atoms with Gasteiger partial charge in [0.15, 0.2) is 0 Å². The Morgan fingerprint density at radius 1 is 0.763 bits per heavy atom. The molecule has 0 aliphatic carbocycles. The van der Waals surface area contributed by atoms with Gasteiger partial charge >= 0.3 is 12.2 Å². The van der Waals surface area contributed by atoms with Crippen molar-refractivity contribution in [1.82, 2.24) is 9.80 Å². The number of aryl methyl sites for hydroxylation is 1. The highest BCUT2D eigenvalue weighted by molar-refractivity contribution is 5.85. The summed E-state index contributed by atoms with van der Waals surface area (Å²) in [5, 5.41) is 28.6. The highest BCUT2D eigenvalue weighted by Crippen LogP contribution is 2.35. The summed E-state index contributed by atoms with van der Waals surface area (Å²) in [5.41, 5.74) is 3.43. The number of hydrogen-bond acceptors (Lipinski definition) is 4. The van der Waals surface area contributed by atoms with Crippen LogP contribution in [-0.4, -0.2) is 62.5 Å². The van der Waals surface area contributed by atoms with Crippen LogP contribution in [0.4, 0.5) is 9.59 Å². The Balaban J connectivity index is 1.94. The molecule has 0 aliphatic heterocycles. The molecule has 0 bridgehead atoms. The molecule has 7 heteroatoms. The van der Waals surface area contributed by atoms with E-state index in [4.69, 9.17) is 10.2 Å². The molecule has 0 spiro atoms. The number of amides is 2. The van der Waals surface area contributed by atoms with E-state index in [9.17, 15) is 14.7 Å². The number of carbonyl (C=O) groups is 2. The lowest BCUT2D eigenvalue weighted by Gasteiger charge is -2.32. The zero-order valence-corrected chi connectivity index (χ0v) is 23.5. The van der Waals surface area contributed by atoms with E-state index in [0.29, 0.717) is 29.2 Å². The van der Waals surface area contributed by atoms with Gasteiger partial charge in [-0.05, 0) is 77.1 Å². The van der Waals surface area contributed by atoms with Crippen molar-refractivity contribution >= 4 is 12.2 Å². The van der Waals surface area contributed by atoms with E-state index in [0.717, 1.165) is 57.1 Å². The SMILES string of the molecule is CC(C)N(CC[C@H](c1ccccc1)c1cc(CCCCCCCCN(C(=O)O)C(=O)O)ccc1O)C(C)C. The summed E-state index contributed by atoms with van der Waals surface area (Å²) < 4.78 is 0. The van der Waals surface area contributed by atoms with Crippen LogP contribution in [0.5, 0.6) is 5.75 Å². The minimum Gasteiger partial charge on any atom is -0.508 e. The Morgan fingerprint density at radius 3 is 1.92 bits per heavy atom. The molecular weight excluding hydrogens is 480 g/mol. The molecule has 0 unspecified atom stereocenters. The van der Waals surface area contributed by atoms with Gasteiger partial charge in [-0.25, -0.2) is 14.5 Å². The monoisotopic (exact) mass is 526 g/mol. The first kappa shape index (κ1) is 31.2. The number of aromatic hydroxyl groups is 1. The van der Waals surface area contributed by atoms with E-state index < -0.39 is 12.2 Å².